The number of rotatable bonds is 8. The Bertz CT molecular complexity index is 890. The largest absolute Gasteiger partial charge is 0.459 e. The molecule has 0 aliphatic carbocycles. The molecule has 1 spiro atoms. The zero-order valence-corrected chi connectivity index (χ0v) is 22.1. The average molecular weight is 508 g/mol. The monoisotopic (exact) mass is 507 g/mol. The van der Waals surface area contributed by atoms with Gasteiger partial charge in [0.15, 0.2) is 5.79 Å². The Morgan fingerprint density at radius 1 is 1.25 bits per heavy atom. The number of nitrogens with one attached hydrogen (secondary N) is 1. The van der Waals surface area contributed by atoms with Crippen molar-refractivity contribution < 1.29 is 38.7 Å². The van der Waals surface area contributed by atoms with Crippen molar-refractivity contribution in [1.29, 1.82) is 0 Å². The van der Waals surface area contributed by atoms with Crippen molar-refractivity contribution in [2.24, 2.45) is 5.92 Å². The Kier molecular flexibility index (Phi) is 9.16. The summed E-state index contributed by atoms with van der Waals surface area (Å²) in [5, 5.41) is 23.9. The first-order valence-corrected chi connectivity index (χ1v) is 12.7. The van der Waals surface area contributed by atoms with Crippen molar-refractivity contribution in [1.82, 2.24) is 5.32 Å². The van der Waals surface area contributed by atoms with Gasteiger partial charge in [0.25, 0.3) is 0 Å². The second-order valence-electron chi connectivity index (χ2n) is 10.7. The van der Waals surface area contributed by atoms with Gasteiger partial charge in [0.2, 0.25) is 5.91 Å². The Morgan fingerprint density at radius 2 is 1.94 bits per heavy atom. The molecule has 3 fully saturated rings. The fraction of sp³-hybridized carbons (Fsp3) is 0.704. The lowest BCUT2D eigenvalue weighted by atomic mass is 9.87. The second-order valence-corrected chi connectivity index (χ2v) is 10.7. The molecule has 36 heavy (non-hydrogen) atoms. The maximum Gasteiger partial charge on any atom is 0.303 e. The van der Waals surface area contributed by atoms with Gasteiger partial charge in [-0.1, -0.05) is 30.7 Å². The quantitative estimate of drug-likeness (QED) is 0.198. The fourth-order valence-electron chi connectivity index (χ4n) is 4.95. The molecule has 0 saturated carbocycles. The van der Waals surface area contributed by atoms with Gasteiger partial charge in [-0.3, -0.25) is 9.59 Å². The van der Waals surface area contributed by atoms with Crippen molar-refractivity contribution in [2.75, 3.05) is 6.61 Å². The lowest BCUT2D eigenvalue weighted by molar-refractivity contribution is -0.272. The standard InChI is InChI=1S/C27H41NO8/c1-16(8-11-23-25(31)27(15-33-27)14-26(6,32)36-23)7-10-22-17(2)13-21(19(4)35-22)28-24(30)12-9-18(3)34-20(5)29/h7-9,11-12,17-19,21-23,25,31-32H,10,13-15H2,1-6H3,(H,28,30)/b11-8+,12-9-,16-7+/t17-,18-,19+,21+,22-,23+,25-,26-,27?/m0/s1. The van der Waals surface area contributed by atoms with Crippen molar-refractivity contribution in [3.05, 3.63) is 36.0 Å². The lowest BCUT2D eigenvalue weighted by Gasteiger charge is -2.40. The first kappa shape index (κ1) is 28.5. The first-order valence-electron chi connectivity index (χ1n) is 12.7. The highest BCUT2D eigenvalue weighted by molar-refractivity contribution is 5.87. The van der Waals surface area contributed by atoms with E-state index >= 15 is 0 Å². The molecule has 1 amide bonds. The maximum atomic E-state index is 12.3. The molecule has 0 radical (unpaired) electrons. The fourth-order valence-corrected chi connectivity index (χ4v) is 4.95. The van der Waals surface area contributed by atoms with Crippen LogP contribution in [-0.4, -0.2) is 76.6 Å². The Labute approximate surface area is 213 Å². The molecular weight excluding hydrogens is 466 g/mol. The van der Waals surface area contributed by atoms with Crippen LogP contribution in [0.3, 0.4) is 0 Å². The topological polar surface area (TPSA) is 127 Å². The number of amides is 1. The normalized spacial score (nSPS) is 39.9. The molecule has 0 aromatic rings. The van der Waals surface area contributed by atoms with E-state index in [4.69, 9.17) is 18.9 Å². The molecule has 1 unspecified atom stereocenters. The van der Waals surface area contributed by atoms with Gasteiger partial charge >= 0.3 is 5.97 Å². The molecule has 9 heteroatoms. The van der Waals surface area contributed by atoms with E-state index in [0.29, 0.717) is 13.0 Å². The Balaban J connectivity index is 1.49. The van der Waals surface area contributed by atoms with E-state index in [1.807, 2.05) is 19.9 Å². The van der Waals surface area contributed by atoms with Gasteiger partial charge in [0.1, 0.15) is 23.9 Å². The van der Waals surface area contributed by atoms with Crippen LogP contribution in [0.15, 0.2) is 36.0 Å². The second kappa shape index (κ2) is 11.6. The van der Waals surface area contributed by atoms with Gasteiger partial charge in [-0.2, -0.15) is 0 Å². The molecular formula is C27H41NO8. The van der Waals surface area contributed by atoms with Crippen LogP contribution < -0.4 is 5.32 Å². The number of carbonyl (C=O) groups is 2. The van der Waals surface area contributed by atoms with Crippen molar-refractivity contribution in [3.8, 4) is 0 Å². The Morgan fingerprint density at radius 3 is 2.58 bits per heavy atom. The van der Waals surface area contributed by atoms with Crippen LogP contribution in [0.2, 0.25) is 0 Å². The molecule has 0 aromatic carbocycles. The molecule has 3 aliphatic heterocycles. The molecule has 3 rings (SSSR count). The summed E-state index contributed by atoms with van der Waals surface area (Å²) in [5.41, 5.74) is 0.283. The SMILES string of the molecule is CC(=O)O[C@@H](C)/C=C\C(=O)N[C@@H]1C[C@H](C)[C@H](C/C=C(C)/C=C/[C@H]2O[C@](C)(O)CC3(CO3)[C@H]2O)O[C@@H]1C. The van der Waals surface area contributed by atoms with E-state index in [0.717, 1.165) is 12.0 Å². The van der Waals surface area contributed by atoms with E-state index < -0.39 is 35.7 Å². The van der Waals surface area contributed by atoms with Crippen LogP contribution in [0.5, 0.6) is 0 Å². The Hall–Kier alpha value is -2.04. The van der Waals surface area contributed by atoms with Crippen LogP contribution in [-0.2, 0) is 28.5 Å². The van der Waals surface area contributed by atoms with Crippen LogP contribution in [0.25, 0.3) is 0 Å². The van der Waals surface area contributed by atoms with Crippen molar-refractivity contribution in [3.63, 3.8) is 0 Å². The highest BCUT2D eigenvalue weighted by atomic mass is 16.7. The van der Waals surface area contributed by atoms with Crippen LogP contribution in [0, 0.1) is 5.92 Å². The number of ether oxygens (including phenoxy) is 4. The molecule has 202 valence electrons. The van der Waals surface area contributed by atoms with Gasteiger partial charge in [-0.05, 0) is 52.5 Å². The third-order valence-corrected chi connectivity index (χ3v) is 7.02. The lowest BCUT2D eigenvalue weighted by Crippen LogP contribution is -2.54. The van der Waals surface area contributed by atoms with E-state index in [1.165, 1.54) is 13.0 Å². The van der Waals surface area contributed by atoms with E-state index in [2.05, 4.69) is 18.3 Å². The summed E-state index contributed by atoms with van der Waals surface area (Å²) in [4.78, 5) is 23.3. The molecule has 0 aromatic heterocycles. The summed E-state index contributed by atoms with van der Waals surface area (Å²) in [6, 6.07) is -0.114. The summed E-state index contributed by atoms with van der Waals surface area (Å²) in [6.45, 7) is 11.1. The average Bonchev–Trinajstić information content (AvgIpc) is 3.54. The van der Waals surface area contributed by atoms with E-state index in [9.17, 15) is 19.8 Å². The first-order chi connectivity index (χ1) is 16.8. The molecule has 3 aliphatic rings. The zero-order valence-electron chi connectivity index (χ0n) is 22.1. The van der Waals surface area contributed by atoms with E-state index in [-0.39, 0.29) is 36.5 Å². The molecule has 3 saturated heterocycles. The summed E-state index contributed by atoms with van der Waals surface area (Å²) in [5.74, 6) is -1.75. The third kappa shape index (κ3) is 7.73. The number of carbonyl (C=O) groups excluding carboxylic acids is 2. The number of aliphatic hydroxyl groups is 2. The third-order valence-electron chi connectivity index (χ3n) is 7.02. The predicted octanol–water partition coefficient (Wildman–Crippen LogP) is 2.31. The number of hydrogen-bond donors (Lipinski definition) is 3. The summed E-state index contributed by atoms with van der Waals surface area (Å²) in [6.07, 6.45) is 8.33. The van der Waals surface area contributed by atoms with Crippen molar-refractivity contribution >= 4 is 11.9 Å². The van der Waals surface area contributed by atoms with Crippen LogP contribution in [0.4, 0.5) is 0 Å². The highest BCUT2D eigenvalue weighted by Crippen LogP contribution is 2.45. The zero-order chi connectivity index (χ0) is 26.7. The van der Waals surface area contributed by atoms with Crippen molar-refractivity contribution in [2.45, 2.75) is 109 Å². The summed E-state index contributed by atoms with van der Waals surface area (Å²) < 4.78 is 22.3. The van der Waals surface area contributed by atoms with Gasteiger partial charge < -0.3 is 34.5 Å². The molecule has 3 heterocycles. The predicted molar refractivity (Wildman–Crippen MR) is 133 cm³/mol. The smallest absolute Gasteiger partial charge is 0.303 e. The van der Waals surface area contributed by atoms with Crippen LogP contribution >= 0.6 is 0 Å². The van der Waals surface area contributed by atoms with Gasteiger partial charge in [0, 0.05) is 19.4 Å². The number of allylic oxidation sites excluding steroid dienone is 2. The number of aliphatic hydroxyl groups excluding tert-OH is 1. The van der Waals surface area contributed by atoms with Gasteiger partial charge in [-0.15, -0.1) is 0 Å². The number of epoxide rings is 1. The summed E-state index contributed by atoms with van der Waals surface area (Å²) in [7, 11) is 0. The minimum absolute atomic E-state index is 0.0106. The van der Waals surface area contributed by atoms with Gasteiger partial charge in [-0.25, -0.2) is 0 Å². The van der Waals surface area contributed by atoms with Gasteiger partial charge in [0.05, 0.1) is 24.9 Å². The minimum Gasteiger partial charge on any atom is -0.459 e. The molecule has 0 bridgehead atoms. The number of hydrogen-bond acceptors (Lipinski definition) is 8. The number of esters is 1. The minimum atomic E-state index is -1.34. The molecule has 3 N–H and O–H groups in total. The molecule has 9 atom stereocenters. The highest BCUT2D eigenvalue weighted by Gasteiger charge is 2.61. The summed E-state index contributed by atoms with van der Waals surface area (Å²) >= 11 is 0. The van der Waals surface area contributed by atoms with Crippen LogP contribution in [0.1, 0.15) is 60.8 Å². The molecule has 9 nitrogen and oxygen atoms in total. The maximum absolute atomic E-state index is 12.3. The van der Waals surface area contributed by atoms with E-state index in [1.54, 1.807) is 26.0 Å².